The molecule has 0 unspecified atom stereocenters. The van der Waals surface area contributed by atoms with E-state index in [-0.39, 0.29) is 0 Å². The zero-order chi connectivity index (χ0) is 33.9. The summed E-state index contributed by atoms with van der Waals surface area (Å²) in [6.45, 7) is 2.11. The molecule has 0 fully saturated rings. The Morgan fingerprint density at radius 3 is 1.67 bits per heavy atom. The maximum atomic E-state index is 6.55. The molecule has 7 aromatic carbocycles. The lowest BCUT2D eigenvalue weighted by molar-refractivity contribution is 0.436. The summed E-state index contributed by atoms with van der Waals surface area (Å²) in [5, 5.41) is 0. The molecule has 4 heteroatoms. The van der Waals surface area contributed by atoms with Crippen molar-refractivity contribution in [2.75, 3.05) is 0 Å². The zero-order valence-corrected chi connectivity index (χ0v) is 27.9. The standard InChI is InChI=1S/C47H31N3O/c1-30-25-27-31(28-26-30)33-15-11-16-34(29-33)45-48-44(32-13-3-2-4-14-32)49-46(50-45)36-18-12-22-40-43(36)35-17-5-6-19-37(35)47(40)38-20-7-9-23-41(38)51-42-24-10-8-21-39(42)47/h2-29H,1H3. The van der Waals surface area contributed by atoms with Crippen molar-refractivity contribution in [2.45, 2.75) is 12.3 Å². The first kappa shape index (κ1) is 29.3. The zero-order valence-electron chi connectivity index (χ0n) is 27.9. The molecule has 1 aromatic heterocycles. The van der Waals surface area contributed by atoms with Gasteiger partial charge < -0.3 is 4.74 Å². The summed E-state index contributed by atoms with van der Waals surface area (Å²) < 4.78 is 6.55. The lowest BCUT2D eigenvalue weighted by Gasteiger charge is -2.39. The number of ether oxygens (including phenoxy) is 1. The molecule has 8 aromatic rings. The van der Waals surface area contributed by atoms with E-state index in [4.69, 9.17) is 19.7 Å². The number of fused-ring (bicyclic) bond motifs is 9. The topological polar surface area (TPSA) is 47.9 Å². The van der Waals surface area contributed by atoms with Gasteiger partial charge in [-0.2, -0.15) is 0 Å². The van der Waals surface area contributed by atoms with Gasteiger partial charge in [-0.3, -0.25) is 0 Å². The lowest BCUT2D eigenvalue weighted by atomic mass is 9.66. The summed E-state index contributed by atoms with van der Waals surface area (Å²) in [6.07, 6.45) is 0. The third-order valence-electron chi connectivity index (χ3n) is 10.3. The van der Waals surface area contributed by atoms with Crippen molar-refractivity contribution in [2.24, 2.45) is 0 Å². The maximum Gasteiger partial charge on any atom is 0.164 e. The molecular weight excluding hydrogens is 623 g/mol. The normalized spacial score (nSPS) is 13.1. The largest absolute Gasteiger partial charge is 0.457 e. The molecule has 0 saturated heterocycles. The van der Waals surface area contributed by atoms with Crippen molar-refractivity contribution in [3.63, 3.8) is 0 Å². The Balaban J connectivity index is 1.24. The Bertz CT molecular complexity index is 2580. The van der Waals surface area contributed by atoms with Crippen LogP contribution in [0.25, 0.3) is 56.4 Å². The van der Waals surface area contributed by atoms with E-state index in [0.717, 1.165) is 56.0 Å². The summed E-state index contributed by atoms with van der Waals surface area (Å²) in [5.41, 5.74) is 12.7. The van der Waals surface area contributed by atoms with Gasteiger partial charge in [0.1, 0.15) is 11.5 Å². The van der Waals surface area contributed by atoms with Crippen LogP contribution in [-0.2, 0) is 5.41 Å². The van der Waals surface area contributed by atoms with E-state index >= 15 is 0 Å². The van der Waals surface area contributed by atoms with Crippen LogP contribution >= 0.6 is 0 Å². The number of benzene rings is 7. The van der Waals surface area contributed by atoms with E-state index in [2.05, 4.69) is 146 Å². The predicted molar refractivity (Wildman–Crippen MR) is 204 cm³/mol. The molecule has 2 heterocycles. The van der Waals surface area contributed by atoms with Crippen LogP contribution in [0, 0.1) is 6.92 Å². The van der Waals surface area contributed by atoms with Crippen molar-refractivity contribution in [3.8, 4) is 67.9 Å². The van der Waals surface area contributed by atoms with Gasteiger partial charge in [0, 0.05) is 27.8 Å². The van der Waals surface area contributed by atoms with E-state index < -0.39 is 5.41 Å². The third kappa shape index (κ3) is 4.50. The van der Waals surface area contributed by atoms with Crippen molar-refractivity contribution in [1.82, 2.24) is 15.0 Å². The monoisotopic (exact) mass is 653 g/mol. The molecule has 0 N–H and O–H groups in total. The van der Waals surface area contributed by atoms with E-state index in [1.54, 1.807) is 0 Å². The molecule has 10 rings (SSSR count). The van der Waals surface area contributed by atoms with Gasteiger partial charge in [-0.05, 0) is 58.5 Å². The highest BCUT2D eigenvalue weighted by molar-refractivity contribution is 5.95. The second kappa shape index (κ2) is 11.5. The molecule has 1 spiro atoms. The van der Waals surface area contributed by atoms with Gasteiger partial charge in [0.15, 0.2) is 17.5 Å². The first-order valence-electron chi connectivity index (χ1n) is 17.3. The van der Waals surface area contributed by atoms with Crippen LogP contribution in [0.3, 0.4) is 0 Å². The second-order valence-corrected chi connectivity index (χ2v) is 13.2. The highest BCUT2D eigenvalue weighted by Gasteiger charge is 2.51. The summed E-state index contributed by atoms with van der Waals surface area (Å²) in [6, 6.07) is 59.5. The molecule has 4 nitrogen and oxygen atoms in total. The molecule has 1 aliphatic carbocycles. The highest BCUT2D eigenvalue weighted by atomic mass is 16.5. The van der Waals surface area contributed by atoms with Crippen LogP contribution in [0.5, 0.6) is 11.5 Å². The van der Waals surface area contributed by atoms with Crippen LogP contribution in [0.1, 0.15) is 27.8 Å². The number of aryl methyl sites for hydroxylation is 1. The number of hydrogen-bond acceptors (Lipinski definition) is 4. The van der Waals surface area contributed by atoms with Crippen LogP contribution in [0.2, 0.25) is 0 Å². The number of hydrogen-bond donors (Lipinski definition) is 0. The minimum absolute atomic E-state index is 0.576. The number of para-hydroxylation sites is 2. The number of nitrogens with zero attached hydrogens (tertiary/aromatic N) is 3. The average Bonchev–Trinajstić information content (AvgIpc) is 3.49. The summed E-state index contributed by atoms with van der Waals surface area (Å²) in [7, 11) is 0. The van der Waals surface area contributed by atoms with Gasteiger partial charge in [0.05, 0.1) is 5.41 Å². The van der Waals surface area contributed by atoms with Gasteiger partial charge in [-0.15, -0.1) is 0 Å². The van der Waals surface area contributed by atoms with Gasteiger partial charge in [-0.25, -0.2) is 15.0 Å². The van der Waals surface area contributed by atoms with E-state index in [1.165, 1.54) is 22.3 Å². The average molecular weight is 654 g/mol. The molecule has 0 atom stereocenters. The second-order valence-electron chi connectivity index (χ2n) is 13.2. The fourth-order valence-electron chi connectivity index (χ4n) is 8.01. The van der Waals surface area contributed by atoms with Gasteiger partial charge >= 0.3 is 0 Å². The summed E-state index contributed by atoms with van der Waals surface area (Å²) in [4.78, 5) is 15.6. The van der Waals surface area contributed by atoms with Crippen molar-refractivity contribution < 1.29 is 4.74 Å². The van der Waals surface area contributed by atoms with Crippen molar-refractivity contribution in [1.29, 1.82) is 0 Å². The van der Waals surface area contributed by atoms with Crippen molar-refractivity contribution in [3.05, 3.63) is 198 Å². The van der Waals surface area contributed by atoms with Gasteiger partial charge in [0.25, 0.3) is 0 Å². The van der Waals surface area contributed by atoms with Gasteiger partial charge in [-0.1, -0.05) is 157 Å². The molecule has 1 aliphatic heterocycles. The number of aromatic nitrogens is 3. The molecule has 0 amide bonds. The Morgan fingerprint density at radius 2 is 0.922 bits per heavy atom. The van der Waals surface area contributed by atoms with Crippen LogP contribution in [-0.4, -0.2) is 15.0 Å². The molecular formula is C47H31N3O. The third-order valence-corrected chi connectivity index (χ3v) is 10.3. The van der Waals surface area contributed by atoms with Crippen LogP contribution < -0.4 is 4.74 Å². The molecule has 0 bridgehead atoms. The Kier molecular flexibility index (Phi) is 6.58. The fraction of sp³-hybridized carbons (Fsp3) is 0.0426. The minimum Gasteiger partial charge on any atom is -0.457 e. The van der Waals surface area contributed by atoms with Crippen LogP contribution in [0.15, 0.2) is 170 Å². The quantitative estimate of drug-likeness (QED) is 0.190. The van der Waals surface area contributed by atoms with E-state index in [9.17, 15) is 0 Å². The molecule has 0 saturated carbocycles. The number of rotatable bonds is 4. The highest BCUT2D eigenvalue weighted by Crippen LogP contribution is 2.63. The molecule has 2 aliphatic rings. The first-order valence-corrected chi connectivity index (χ1v) is 17.3. The summed E-state index contributed by atoms with van der Waals surface area (Å²) >= 11 is 0. The fourth-order valence-corrected chi connectivity index (χ4v) is 8.01. The minimum atomic E-state index is -0.576. The van der Waals surface area contributed by atoms with Gasteiger partial charge in [0.2, 0.25) is 0 Å². The lowest BCUT2D eigenvalue weighted by Crippen LogP contribution is -2.32. The SMILES string of the molecule is Cc1ccc(-c2cccc(-c3nc(-c4ccccc4)nc(-c4cccc5c4-c4ccccc4C54c5ccccc5Oc5ccccc54)n3)c2)cc1. The smallest absolute Gasteiger partial charge is 0.164 e. The Morgan fingerprint density at radius 1 is 0.392 bits per heavy atom. The van der Waals surface area contributed by atoms with Crippen molar-refractivity contribution >= 4 is 0 Å². The molecule has 240 valence electrons. The van der Waals surface area contributed by atoms with E-state index in [1.807, 2.05) is 30.3 Å². The molecule has 0 radical (unpaired) electrons. The van der Waals surface area contributed by atoms with Crippen LogP contribution in [0.4, 0.5) is 0 Å². The molecule has 51 heavy (non-hydrogen) atoms. The predicted octanol–water partition coefficient (Wildman–Crippen LogP) is 11.3. The maximum absolute atomic E-state index is 6.55. The summed E-state index contributed by atoms with van der Waals surface area (Å²) in [5.74, 6) is 3.64. The first-order chi connectivity index (χ1) is 25.2. The van der Waals surface area contributed by atoms with E-state index in [0.29, 0.717) is 17.5 Å². The Hall–Kier alpha value is -6.65. The Labute approximate surface area is 296 Å².